The van der Waals surface area contributed by atoms with Gasteiger partial charge in [-0.25, -0.2) is 0 Å². The predicted molar refractivity (Wildman–Crippen MR) is 111 cm³/mol. The molecule has 0 saturated carbocycles. The van der Waals surface area contributed by atoms with Gasteiger partial charge in [0.15, 0.2) is 5.88 Å². The van der Waals surface area contributed by atoms with Gasteiger partial charge in [-0.15, -0.1) is 0 Å². The van der Waals surface area contributed by atoms with E-state index < -0.39 is 6.17 Å². The van der Waals surface area contributed by atoms with Crippen molar-refractivity contribution in [3.05, 3.63) is 84.3 Å². The van der Waals surface area contributed by atoms with Crippen LogP contribution < -0.4 is 21.1 Å². The van der Waals surface area contributed by atoms with Crippen molar-refractivity contribution in [2.45, 2.75) is 12.6 Å². The van der Waals surface area contributed by atoms with E-state index in [2.05, 4.69) is 21.7 Å². The first kappa shape index (κ1) is 17.8. The quantitative estimate of drug-likeness (QED) is 0.642. The highest BCUT2D eigenvalue weighted by Gasteiger charge is 2.08. The van der Waals surface area contributed by atoms with Gasteiger partial charge in [-0.3, -0.25) is 9.79 Å². The van der Waals surface area contributed by atoms with Gasteiger partial charge in [-0.1, -0.05) is 42.5 Å². The Kier molecular flexibility index (Phi) is 5.03. The molecule has 140 valence electrons. The Bertz CT molecular complexity index is 1060. The Morgan fingerprint density at radius 2 is 1.86 bits per heavy atom. The molecule has 0 bridgehead atoms. The number of carbonyl (C=O) groups excluding carboxylic acids is 1. The second kappa shape index (κ2) is 7.94. The number of nitrogens with two attached hydrogens (primary N) is 1. The van der Waals surface area contributed by atoms with E-state index in [1.807, 2.05) is 36.4 Å². The van der Waals surface area contributed by atoms with Crippen LogP contribution in [0.4, 0.5) is 5.69 Å². The van der Waals surface area contributed by atoms with Crippen molar-refractivity contribution in [1.29, 1.82) is 0 Å². The number of ether oxygens (including phenoxy) is 1. The highest BCUT2D eigenvalue weighted by molar-refractivity contribution is 5.93. The van der Waals surface area contributed by atoms with Crippen molar-refractivity contribution >= 4 is 28.7 Å². The van der Waals surface area contributed by atoms with E-state index >= 15 is 0 Å². The Labute approximate surface area is 162 Å². The Hall–Kier alpha value is -3.64. The molecule has 0 fully saturated rings. The molecule has 0 aliphatic carbocycles. The molecule has 1 atom stereocenters. The van der Waals surface area contributed by atoms with Crippen LogP contribution in [0.5, 0.6) is 5.75 Å². The topological polar surface area (TPSA) is 88.7 Å². The molecule has 0 spiro atoms. The summed E-state index contributed by atoms with van der Waals surface area (Å²) in [5.74, 6) is 1.09. The van der Waals surface area contributed by atoms with Crippen molar-refractivity contribution in [1.82, 2.24) is 5.32 Å². The minimum atomic E-state index is -0.412. The van der Waals surface area contributed by atoms with Crippen LogP contribution in [-0.4, -0.2) is 18.4 Å². The SMILES string of the molecule is NC1C=C(Oc2ccc(NC(=O)Cc3ccc4ccccc4c3)cc2)NC=N1. The molecule has 4 rings (SSSR count). The monoisotopic (exact) mass is 372 g/mol. The van der Waals surface area contributed by atoms with Crippen molar-refractivity contribution < 1.29 is 9.53 Å². The number of nitrogens with one attached hydrogen (secondary N) is 2. The average molecular weight is 372 g/mol. The fraction of sp³-hybridized carbons (Fsp3) is 0.0909. The molecule has 6 heteroatoms. The first-order valence-corrected chi connectivity index (χ1v) is 8.97. The Morgan fingerprint density at radius 3 is 2.64 bits per heavy atom. The Morgan fingerprint density at radius 1 is 1.07 bits per heavy atom. The minimum absolute atomic E-state index is 0.0669. The van der Waals surface area contributed by atoms with Gasteiger partial charge in [-0.05, 0) is 40.6 Å². The molecule has 6 nitrogen and oxygen atoms in total. The number of carbonyl (C=O) groups is 1. The average Bonchev–Trinajstić information content (AvgIpc) is 2.69. The second-order valence-electron chi connectivity index (χ2n) is 6.48. The fourth-order valence-corrected chi connectivity index (χ4v) is 2.97. The third kappa shape index (κ3) is 4.36. The summed E-state index contributed by atoms with van der Waals surface area (Å²) in [7, 11) is 0. The lowest BCUT2D eigenvalue weighted by molar-refractivity contribution is -0.115. The van der Waals surface area contributed by atoms with Gasteiger partial charge in [0.2, 0.25) is 5.91 Å². The van der Waals surface area contributed by atoms with E-state index in [4.69, 9.17) is 10.5 Å². The van der Waals surface area contributed by atoms with E-state index in [9.17, 15) is 4.79 Å². The van der Waals surface area contributed by atoms with E-state index in [0.29, 0.717) is 23.7 Å². The molecule has 0 aromatic heterocycles. The normalized spacial score (nSPS) is 15.6. The highest BCUT2D eigenvalue weighted by Crippen LogP contribution is 2.19. The lowest BCUT2D eigenvalue weighted by Gasteiger charge is -2.15. The lowest BCUT2D eigenvalue weighted by atomic mass is 10.0. The van der Waals surface area contributed by atoms with E-state index in [0.717, 1.165) is 16.3 Å². The van der Waals surface area contributed by atoms with Gasteiger partial charge in [0.1, 0.15) is 11.9 Å². The molecule has 1 amide bonds. The smallest absolute Gasteiger partial charge is 0.228 e. The third-order valence-electron chi connectivity index (χ3n) is 4.32. The van der Waals surface area contributed by atoms with Crippen LogP contribution in [0.3, 0.4) is 0 Å². The van der Waals surface area contributed by atoms with Crippen LogP contribution in [-0.2, 0) is 11.2 Å². The summed E-state index contributed by atoms with van der Waals surface area (Å²) >= 11 is 0. The van der Waals surface area contributed by atoms with Crippen LogP contribution in [0.25, 0.3) is 10.8 Å². The first-order valence-electron chi connectivity index (χ1n) is 8.97. The number of nitrogens with zero attached hydrogens (tertiary/aromatic N) is 1. The molecular formula is C22H20N4O2. The molecule has 3 aromatic carbocycles. The summed E-state index contributed by atoms with van der Waals surface area (Å²) in [5.41, 5.74) is 7.40. The molecule has 3 aromatic rings. The summed E-state index contributed by atoms with van der Waals surface area (Å²) in [4.78, 5) is 16.3. The fourth-order valence-electron chi connectivity index (χ4n) is 2.97. The van der Waals surface area contributed by atoms with E-state index in [1.54, 1.807) is 30.3 Å². The summed E-state index contributed by atoms with van der Waals surface area (Å²) in [6, 6.07) is 21.3. The lowest BCUT2D eigenvalue weighted by Crippen LogP contribution is -2.28. The molecular weight excluding hydrogens is 352 g/mol. The molecule has 0 saturated heterocycles. The molecule has 0 radical (unpaired) electrons. The van der Waals surface area contributed by atoms with Gasteiger partial charge in [0.25, 0.3) is 0 Å². The summed E-state index contributed by atoms with van der Waals surface area (Å²) < 4.78 is 5.69. The van der Waals surface area contributed by atoms with Crippen molar-refractivity contribution in [2.24, 2.45) is 10.7 Å². The molecule has 1 aliphatic heterocycles. The number of amides is 1. The maximum Gasteiger partial charge on any atom is 0.228 e. The number of fused-ring (bicyclic) bond motifs is 1. The van der Waals surface area contributed by atoms with Crippen molar-refractivity contribution in [2.75, 3.05) is 5.32 Å². The van der Waals surface area contributed by atoms with Crippen LogP contribution in [0.1, 0.15) is 5.56 Å². The summed E-state index contributed by atoms with van der Waals surface area (Å²) in [5, 5.41) is 8.09. The second-order valence-corrected chi connectivity index (χ2v) is 6.48. The van der Waals surface area contributed by atoms with Crippen molar-refractivity contribution in [3.63, 3.8) is 0 Å². The largest absolute Gasteiger partial charge is 0.441 e. The predicted octanol–water partition coefficient (Wildman–Crippen LogP) is 3.16. The zero-order valence-corrected chi connectivity index (χ0v) is 15.1. The number of aliphatic imine (C=N–C) groups is 1. The van der Waals surface area contributed by atoms with Gasteiger partial charge in [0, 0.05) is 11.8 Å². The van der Waals surface area contributed by atoms with E-state index in [1.165, 1.54) is 6.34 Å². The molecule has 1 heterocycles. The zero-order valence-electron chi connectivity index (χ0n) is 15.1. The summed E-state index contributed by atoms with van der Waals surface area (Å²) in [6.45, 7) is 0. The van der Waals surface area contributed by atoms with E-state index in [-0.39, 0.29) is 5.91 Å². The van der Waals surface area contributed by atoms with Gasteiger partial charge >= 0.3 is 0 Å². The Balaban J connectivity index is 1.36. The van der Waals surface area contributed by atoms with Gasteiger partial charge < -0.3 is 21.1 Å². The van der Waals surface area contributed by atoms with Crippen LogP contribution in [0.15, 0.2) is 83.7 Å². The highest BCUT2D eigenvalue weighted by atomic mass is 16.5. The zero-order chi connectivity index (χ0) is 19.3. The van der Waals surface area contributed by atoms with Crippen LogP contribution in [0, 0.1) is 0 Å². The number of hydrogen-bond acceptors (Lipinski definition) is 5. The number of anilines is 1. The number of rotatable bonds is 5. The van der Waals surface area contributed by atoms with Gasteiger partial charge in [0.05, 0.1) is 12.8 Å². The van der Waals surface area contributed by atoms with Gasteiger partial charge in [-0.2, -0.15) is 0 Å². The molecule has 1 aliphatic rings. The summed E-state index contributed by atoms with van der Waals surface area (Å²) in [6.07, 6.45) is 3.09. The number of benzene rings is 3. The maximum atomic E-state index is 12.4. The van der Waals surface area contributed by atoms with Crippen molar-refractivity contribution in [3.8, 4) is 5.75 Å². The number of hydrogen-bond donors (Lipinski definition) is 3. The van der Waals surface area contributed by atoms with Crippen LogP contribution in [0.2, 0.25) is 0 Å². The first-order chi connectivity index (χ1) is 13.7. The standard InChI is InChI=1S/C22H20N4O2/c23-20-13-22(25-14-24-20)28-19-9-7-18(8-10-19)26-21(27)12-15-5-6-16-3-1-2-4-17(16)11-15/h1-11,13-14,20H,12,23H2,(H,24,25)(H,26,27). The minimum Gasteiger partial charge on any atom is -0.441 e. The molecule has 28 heavy (non-hydrogen) atoms. The third-order valence-corrected chi connectivity index (χ3v) is 4.32. The molecule has 1 unspecified atom stereocenters. The maximum absolute atomic E-state index is 12.4. The molecule has 4 N–H and O–H groups in total. The van der Waals surface area contributed by atoms with Crippen LogP contribution >= 0.6 is 0 Å².